The largest absolute Gasteiger partial charge is 0.381 e. The summed E-state index contributed by atoms with van der Waals surface area (Å²) in [6.07, 6.45) is 7.95. The average molecular weight is 377 g/mol. The van der Waals surface area contributed by atoms with Crippen LogP contribution in [0.3, 0.4) is 0 Å². The molecule has 9 heteroatoms. The Balaban J connectivity index is 1.75. The fourth-order valence-electron chi connectivity index (χ4n) is 3.67. The lowest BCUT2D eigenvalue weighted by Crippen LogP contribution is -2.13. The maximum atomic E-state index is 11.7. The van der Waals surface area contributed by atoms with Gasteiger partial charge in [-0.1, -0.05) is 0 Å². The number of carbonyl (C=O) groups excluding carboxylic acids is 1. The van der Waals surface area contributed by atoms with Crippen molar-refractivity contribution in [2.75, 3.05) is 13.2 Å². The van der Waals surface area contributed by atoms with Crippen molar-refractivity contribution in [2.24, 2.45) is 11.7 Å². The lowest BCUT2D eigenvalue weighted by Gasteiger charge is -2.11. The average Bonchev–Trinajstić information content (AvgIpc) is 3.39. The fraction of sp³-hybridized carbons (Fsp3) is 0.316. The highest BCUT2D eigenvalue weighted by Gasteiger charge is 2.23. The van der Waals surface area contributed by atoms with Gasteiger partial charge >= 0.3 is 0 Å². The molecule has 1 saturated heterocycles. The molecule has 1 aliphatic rings. The van der Waals surface area contributed by atoms with E-state index in [0.717, 1.165) is 40.9 Å². The predicted molar refractivity (Wildman–Crippen MR) is 102 cm³/mol. The van der Waals surface area contributed by atoms with Crippen molar-refractivity contribution < 1.29 is 9.53 Å². The van der Waals surface area contributed by atoms with Crippen LogP contribution >= 0.6 is 0 Å². The minimum absolute atomic E-state index is 0.345. The molecule has 9 nitrogen and oxygen atoms in total. The zero-order chi connectivity index (χ0) is 19.3. The van der Waals surface area contributed by atoms with E-state index in [1.54, 1.807) is 23.0 Å². The molecule has 4 aromatic heterocycles. The third-order valence-electron chi connectivity index (χ3n) is 5.08. The summed E-state index contributed by atoms with van der Waals surface area (Å²) in [5, 5.41) is 9.90. The number of primary amides is 1. The molecule has 5 rings (SSSR count). The van der Waals surface area contributed by atoms with Crippen LogP contribution in [0.15, 0.2) is 30.9 Å². The van der Waals surface area contributed by atoms with Gasteiger partial charge in [-0.25, -0.2) is 14.5 Å². The van der Waals surface area contributed by atoms with Crippen LogP contribution in [-0.4, -0.2) is 48.5 Å². The van der Waals surface area contributed by atoms with E-state index < -0.39 is 5.91 Å². The Kier molecular flexibility index (Phi) is 3.83. The number of rotatable bonds is 4. The quantitative estimate of drug-likeness (QED) is 0.578. The Bertz CT molecular complexity index is 1200. The molecule has 5 heterocycles. The second-order valence-corrected chi connectivity index (χ2v) is 7.18. The summed E-state index contributed by atoms with van der Waals surface area (Å²) in [4.78, 5) is 20.6. The van der Waals surface area contributed by atoms with Crippen molar-refractivity contribution >= 4 is 22.6 Å². The van der Waals surface area contributed by atoms with Crippen molar-refractivity contribution in [3.8, 4) is 11.3 Å². The number of fused-ring (bicyclic) bond motifs is 2. The highest BCUT2D eigenvalue weighted by molar-refractivity contribution is 6.00. The normalized spacial score (nSPS) is 17.0. The van der Waals surface area contributed by atoms with Gasteiger partial charge in [-0.2, -0.15) is 10.2 Å². The molecule has 4 aromatic rings. The van der Waals surface area contributed by atoms with Gasteiger partial charge in [0.15, 0.2) is 11.3 Å². The molecule has 0 aliphatic carbocycles. The molecule has 142 valence electrons. The Hall–Kier alpha value is -3.33. The zero-order valence-electron chi connectivity index (χ0n) is 15.4. The zero-order valence-corrected chi connectivity index (χ0v) is 15.4. The first-order valence-electron chi connectivity index (χ1n) is 9.14. The molecule has 0 spiro atoms. The van der Waals surface area contributed by atoms with E-state index in [9.17, 15) is 4.79 Å². The third kappa shape index (κ3) is 2.71. The van der Waals surface area contributed by atoms with Gasteiger partial charge in [-0.3, -0.25) is 9.48 Å². The topological polar surface area (TPSA) is 113 Å². The smallest absolute Gasteiger partial charge is 0.250 e. The molecule has 1 aliphatic heterocycles. The van der Waals surface area contributed by atoms with E-state index in [0.29, 0.717) is 30.3 Å². The van der Waals surface area contributed by atoms with E-state index in [-0.39, 0.29) is 0 Å². The SMILES string of the molecule is Cc1cnc2c(-c3c4cc(C(N)=O)cnc4nn3CC3CCOC3)cnn2c1. The summed E-state index contributed by atoms with van der Waals surface area (Å²) < 4.78 is 9.20. The predicted octanol–water partition coefficient (Wildman–Crippen LogP) is 1.58. The van der Waals surface area contributed by atoms with Gasteiger partial charge in [0.1, 0.15) is 0 Å². The first-order valence-corrected chi connectivity index (χ1v) is 9.14. The van der Waals surface area contributed by atoms with E-state index in [1.807, 2.05) is 17.8 Å². The monoisotopic (exact) mass is 377 g/mol. The fourth-order valence-corrected chi connectivity index (χ4v) is 3.67. The van der Waals surface area contributed by atoms with Crippen LogP contribution in [0.2, 0.25) is 0 Å². The van der Waals surface area contributed by atoms with Crippen LogP contribution in [0, 0.1) is 12.8 Å². The molecule has 28 heavy (non-hydrogen) atoms. The van der Waals surface area contributed by atoms with Gasteiger partial charge in [0.2, 0.25) is 5.91 Å². The molecular formula is C19H19N7O2. The number of hydrogen-bond donors (Lipinski definition) is 1. The highest BCUT2D eigenvalue weighted by Crippen LogP contribution is 2.32. The Labute approximate surface area is 160 Å². The summed E-state index contributed by atoms with van der Waals surface area (Å²) in [6, 6.07) is 1.74. The number of nitrogens with two attached hydrogens (primary N) is 1. The van der Waals surface area contributed by atoms with Crippen molar-refractivity contribution in [1.29, 1.82) is 0 Å². The summed E-state index contributed by atoms with van der Waals surface area (Å²) >= 11 is 0. The molecule has 1 amide bonds. The van der Waals surface area contributed by atoms with Crippen molar-refractivity contribution in [2.45, 2.75) is 19.9 Å². The number of aryl methyl sites for hydroxylation is 1. The lowest BCUT2D eigenvalue weighted by atomic mass is 10.1. The van der Waals surface area contributed by atoms with Crippen LogP contribution in [0.25, 0.3) is 27.9 Å². The van der Waals surface area contributed by atoms with E-state index in [2.05, 4.69) is 15.1 Å². The summed E-state index contributed by atoms with van der Waals surface area (Å²) in [6.45, 7) is 4.14. The summed E-state index contributed by atoms with van der Waals surface area (Å²) in [7, 11) is 0. The first-order chi connectivity index (χ1) is 13.6. The van der Waals surface area contributed by atoms with E-state index in [4.69, 9.17) is 15.6 Å². The maximum Gasteiger partial charge on any atom is 0.250 e. The Morgan fingerprint density at radius 3 is 3.00 bits per heavy atom. The summed E-state index contributed by atoms with van der Waals surface area (Å²) in [5.74, 6) is -0.147. The second-order valence-electron chi connectivity index (χ2n) is 7.18. The second kappa shape index (κ2) is 6.38. The van der Waals surface area contributed by atoms with Crippen LogP contribution in [0.1, 0.15) is 22.3 Å². The Morgan fingerprint density at radius 1 is 1.32 bits per heavy atom. The number of hydrogen-bond acceptors (Lipinski definition) is 6. The molecule has 1 unspecified atom stereocenters. The third-order valence-corrected chi connectivity index (χ3v) is 5.08. The van der Waals surface area contributed by atoms with Gasteiger partial charge in [0.25, 0.3) is 0 Å². The number of ether oxygens (including phenoxy) is 1. The number of amides is 1. The lowest BCUT2D eigenvalue weighted by molar-refractivity contribution is 0.1000. The Morgan fingerprint density at radius 2 is 2.21 bits per heavy atom. The van der Waals surface area contributed by atoms with Gasteiger partial charge in [0, 0.05) is 43.0 Å². The standard InChI is InChI=1S/C19H19N7O2/c1-11-5-22-19-15(7-23-26(19)8-11)16-14-4-13(17(20)27)6-21-18(14)24-25(16)9-12-2-3-28-10-12/h4-8,12H,2-3,9-10H2,1H3,(H2,20,27). The minimum Gasteiger partial charge on any atom is -0.381 e. The molecule has 2 N–H and O–H groups in total. The van der Waals surface area contributed by atoms with Gasteiger partial charge < -0.3 is 10.5 Å². The molecule has 1 atom stereocenters. The maximum absolute atomic E-state index is 11.7. The summed E-state index contributed by atoms with van der Waals surface area (Å²) in [5.41, 5.74) is 9.79. The molecule has 1 fully saturated rings. The van der Waals surface area contributed by atoms with Gasteiger partial charge in [-0.15, -0.1) is 0 Å². The van der Waals surface area contributed by atoms with E-state index >= 15 is 0 Å². The van der Waals surface area contributed by atoms with Gasteiger partial charge in [-0.05, 0) is 25.0 Å². The number of carbonyl (C=O) groups is 1. The highest BCUT2D eigenvalue weighted by atomic mass is 16.5. The minimum atomic E-state index is -0.522. The van der Waals surface area contributed by atoms with Crippen LogP contribution < -0.4 is 5.73 Å². The van der Waals surface area contributed by atoms with Crippen molar-refractivity contribution in [1.82, 2.24) is 29.4 Å². The number of nitrogens with zero attached hydrogens (tertiary/aromatic N) is 6. The number of aromatic nitrogens is 6. The first kappa shape index (κ1) is 16.8. The van der Waals surface area contributed by atoms with Gasteiger partial charge in [0.05, 0.1) is 29.6 Å². The molecule has 0 radical (unpaired) electrons. The van der Waals surface area contributed by atoms with Crippen LogP contribution in [-0.2, 0) is 11.3 Å². The molecular weight excluding hydrogens is 358 g/mol. The molecule has 0 saturated carbocycles. The van der Waals surface area contributed by atoms with Crippen LogP contribution in [0.5, 0.6) is 0 Å². The number of pyridine rings is 1. The van der Waals surface area contributed by atoms with Crippen molar-refractivity contribution in [3.05, 3.63) is 42.0 Å². The molecule has 0 bridgehead atoms. The molecule has 0 aromatic carbocycles. The van der Waals surface area contributed by atoms with Crippen LogP contribution in [0.4, 0.5) is 0 Å². The van der Waals surface area contributed by atoms with E-state index in [1.165, 1.54) is 6.20 Å². The van der Waals surface area contributed by atoms with Crippen molar-refractivity contribution in [3.63, 3.8) is 0 Å².